The highest BCUT2D eigenvalue weighted by molar-refractivity contribution is 5.88. The van der Waals surface area contributed by atoms with Crippen LogP contribution in [0.4, 0.5) is 5.82 Å². The van der Waals surface area contributed by atoms with Gasteiger partial charge in [-0.05, 0) is 19.8 Å². The van der Waals surface area contributed by atoms with Gasteiger partial charge in [0.05, 0.1) is 5.69 Å². The highest BCUT2D eigenvalue weighted by Crippen LogP contribution is 2.25. The van der Waals surface area contributed by atoms with Crippen LogP contribution >= 0.6 is 0 Å². The topological polar surface area (TPSA) is 76.4 Å². The number of anilines is 1. The van der Waals surface area contributed by atoms with Crippen molar-refractivity contribution in [3.8, 4) is 0 Å². The average molecular weight is 330 g/mol. The van der Waals surface area contributed by atoms with E-state index < -0.39 is 0 Å². The number of aromatic nitrogens is 4. The van der Waals surface area contributed by atoms with Gasteiger partial charge in [0.15, 0.2) is 5.82 Å². The number of aryl methyl sites for hydroxylation is 2. The molecule has 0 unspecified atom stereocenters. The molecule has 0 N–H and O–H groups in total. The van der Waals surface area contributed by atoms with Gasteiger partial charge in [-0.1, -0.05) is 0 Å². The number of rotatable bonds is 2. The maximum absolute atomic E-state index is 12.5. The van der Waals surface area contributed by atoms with Crippen molar-refractivity contribution in [1.82, 2.24) is 24.6 Å². The Bertz CT molecular complexity index is 759. The van der Waals surface area contributed by atoms with Crippen molar-refractivity contribution in [2.45, 2.75) is 25.9 Å². The first kappa shape index (κ1) is 15.3. The summed E-state index contributed by atoms with van der Waals surface area (Å²) in [6.45, 7) is 5.57. The highest BCUT2D eigenvalue weighted by atomic mass is 16.5. The fourth-order valence-electron chi connectivity index (χ4n) is 3.60. The second-order valence-electron chi connectivity index (χ2n) is 6.42. The summed E-state index contributed by atoms with van der Waals surface area (Å²) in [5.74, 6) is 1.03. The minimum atomic E-state index is -0.234. The summed E-state index contributed by atoms with van der Waals surface area (Å²) in [6, 6.07) is 0. The monoisotopic (exact) mass is 330 g/mol. The van der Waals surface area contributed by atoms with Crippen LogP contribution in [0.25, 0.3) is 11.0 Å². The van der Waals surface area contributed by atoms with Gasteiger partial charge in [-0.3, -0.25) is 9.48 Å². The molecule has 8 nitrogen and oxygen atoms in total. The predicted octanol–water partition coefficient (Wildman–Crippen LogP) is 0.499. The van der Waals surface area contributed by atoms with Gasteiger partial charge in [0.2, 0.25) is 0 Å². The van der Waals surface area contributed by atoms with Gasteiger partial charge in [0.1, 0.15) is 23.5 Å². The van der Waals surface area contributed by atoms with Gasteiger partial charge in [-0.2, -0.15) is 5.10 Å². The van der Waals surface area contributed by atoms with E-state index in [0.717, 1.165) is 48.5 Å². The van der Waals surface area contributed by atoms with E-state index in [4.69, 9.17) is 4.74 Å². The molecule has 24 heavy (non-hydrogen) atoms. The molecule has 0 bridgehead atoms. The Morgan fingerprint density at radius 1 is 1.25 bits per heavy atom. The second kappa shape index (κ2) is 6.01. The molecule has 4 rings (SSSR count). The van der Waals surface area contributed by atoms with Crippen molar-refractivity contribution in [3.05, 3.63) is 12.0 Å². The number of ether oxygens (including phenoxy) is 1. The number of piperazine rings is 1. The van der Waals surface area contributed by atoms with E-state index >= 15 is 0 Å². The summed E-state index contributed by atoms with van der Waals surface area (Å²) in [5, 5.41) is 4.45. The lowest BCUT2D eigenvalue weighted by molar-refractivity contribution is -0.141. The minimum absolute atomic E-state index is 0.136. The number of fused-ring (bicyclic) bond motifs is 1. The third kappa shape index (κ3) is 2.50. The molecule has 0 aliphatic carbocycles. The molecular formula is C16H22N6O2. The van der Waals surface area contributed by atoms with Crippen molar-refractivity contribution >= 4 is 22.8 Å². The summed E-state index contributed by atoms with van der Waals surface area (Å²) >= 11 is 0. The largest absolute Gasteiger partial charge is 0.368 e. The second-order valence-corrected chi connectivity index (χ2v) is 6.42. The zero-order valence-corrected chi connectivity index (χ0v) is 14.1. The average Bonchev–Trinajstić information content (AvgIpc) is 3.23. The molecule has 2 saturated heterocycles. The fourth-order valence-corrected chi connectivity index (χ4v) is 3.60. The van der Waals surface area contributed by atoms with Gasteiger partial charge >= 0.3 is 0 Å². The van der Waals surface area contributed by atoms with Crippen LogP contribution in [0.2, 0.25) is 0 Å². The van der Waals surface area contributed by atoms with E-state index in [0.29, 0.717) is 19.7 Å². The molecule has 0 radical (unpaired) electrons. The summed E-state index contributed by atoms with van der Waals surface area (Å²) in [6.07, 6.45) is 3.19. The van der Waals surface area contributed by atoms with Crippen LogP contribution in [0.1, 0.15) is 18.5 Å². The fraction of sp³-hybridized carbons (Fsp3) is 0.625. The van der Waals surface area contributed by atoms with Crippen molar-refractivity contribution in [2.75, 3.05) is 37.7 Å². The molecule has 8 heteroatoms. The maximum atomic E-state index is 12.5. The first-order valence-electron chi connectivity index (χ1n) is 8.45. The molecule has 0 aromatic carbocycles. The first-order chi connectivity index (χ1) is 11.6. The van der Waals surface area contributed by atoms with Crippen LogP contribution in [0.5, 0.6) is 0 Å². The van der Waals surface area contributed by atoms with E-state index in [2.05, 4.69) is 20.0 Å². The number of carbonyl (C=O) groups is 1. The van der Waals surface area contributed by atoms with Crippen LogP contribution in [0, 0.1) is 6.92 Å². The summed E-state index contributed by atoms with van der Waals surface area (Å²) < 4.78 is 7.36. The number of carbonyl (C=O) groups excluding carboxylic acids is 1. The zero-order valence-electron chi connectivity index (χ0n) is 14.1. The van der Waals surface area contributed by atoms with E-state index in [1.54, 1.807) is 6.33 Å². The summed E-state index contributed by atoms with van der Waals surface area (Å²) in [7, 11) is 1.92. The molecular weight excluding hydrogens is 308 g/mol. The molecule has 2 aliphatic heterocycles. The minimum Gasteiger partial charge on any atom is -0.368 e. The van der Waals surface area contributed by atoms with Crippen molar-refractivity contribution in [2.24, 2.45) is 7.05 Å². The standard InChI is InChI=1S/C16H22N6O2/c1-11-13-14(20(2)19-11)15(18-10-17-13)21-5-7-22(8-6-21)16(23)12-4-3-9-24-12/h10,12H,3-9H2,1-2H3/t12-/m0/s1. The lowest BCUT2D eigenvalue weighted by Gasteiger charge is -2.36. The summed E-state index contributed by atoms with van der Waals surface area (Å²) in [5.41, 5.74) is 2.75. The van der Waals surface area contributed by atoms with Gasteiger partial charge in [0.25, 0.3) is 5.91 Å². The molecule has 2 aliphatic rings. The van der Waals surface area contributed by atoms with E-state index in [9.17, 15) is 4.79 Å². The van der Waals surface area contributed by atoms with E-state index in [1.165, 1.54) is 0 Å². The van der Waals surface area contributed by atoms with E-state index in [1.807, 2.05) is 23.6 Å². The normalized spacial score (nSPS) is 21.7. The van der Waals surface area contributed by atoms with Crippen LogP contribution in [0.3, 0.4) is 0 Å². The maximum Gasteiger partial charge on any atom is 0.251 e. The van der Waals surface area contributed by atoms with Crippen LogP contribution in [0.15, 0.2) is 6.33 Å². The molecule has 128 valence electrons. The van der Waals surface area contributed by atoms with Crippen molar-refractivity contribution < 1.29 is 9.53 Å². The molecule has 1 atom stereocenters. The quantitative estimate of drug-likeness (QED) is 0.798. The Morgan fingerprint density at radius 2 is 2.04 bits per heavy atom. The molecule has 0 saturated carbocycles. The number of nitrogens with zero attached hydrogens (tertiary/aromatic N) is 6. The summed E-state index contributed by atoms with van der Waals surface area (Å²) in [4.78, 5) is 25.4. The van der Waals surface area contributed by atoms with Crippen LogP contribution < -0.4 is 4.90 Å². The molecule has 0 spiro atoms. The number of hydrogen-bond donors (Lipinski definition) is 0. The molecule has 2 fully saturated rings. The van der Waals surface area contributed by atoms with E-state index in [-0.39, 0.29) is 12.0 Å². The molecule has 1 amide bonds. The third-order valence-corrected chi connectivity index (χ3v) is 4.87. The molecule has 2 aromatic heterocycles. The lowest BCUT2D eigenvalue weighted by Crippen LogP contribution is -2.51. The predicted molar refractivity (Wildman–Crippen MR) is 88.8 cm³/mol. The van der Waals surface area contributed by atoms with Gasteiger partial charge in [-0.15, -0.1) is 0 Å². The highest BCUT2D eigenvalue weighted by Gasteiger charge is 2.31. The van der Waals surface area contributed by atoms with Crippen LogP contribution in [-0.4, -0.2) is 69.4 Å². The Hall–Kier alpha value is -2.22. The third-order valence-electron chi connectivity index (χ3n) is 4.87. The lowest BCUT2D eigenvalue weighted by atomic mass is 10.2. The Morgan fingerprint density at radius 3 is 2.75 bits per heavy atom. The van der Waals surface area contributed by atoms with Gasteiger partial charge in [0, 0.05) is 39.8 Å². The Balaban J connectivity index is 1.51. The number of hydrogen-bond acceptors (Lipinski definition) is 6. The Labute approximate surface area is 140 Å². The number of amides is 1. The van der Waals surface area contributed by atoms with Crippen molar-refractivity contribution in [1.29, 1.82) is 0 Å². The molecule has 4 heterocycles. The zero-order chi connectivity index (χ0) is 16.7. The van der Waals surface area contributed by atoms with Gasteiger partial charge < -0.3 is 14.5 Å². The Kier molecular flexibility index (Phi) is 3.84. The first-order valence-corrected chi connectivity index (χ1v) is 8.45. The van der Waals surface area contributed by atoms with Crippen molar-refractivity contribution in [3.63, 3.8) is 0 Å². The molecule has 2 aromatic rings. The van der Waals surface area contributed by atoms with Crippen LogP contribution in [-0.2, 0) is 16.6 Å². The smallest absolute Gasteiger partial charge is 0.251 e. The SMILES string of the molecule is Cc1nn(C)c2c(N3CCN(C(=O)[C@@H]4CCCO4)CC3)ncnc12. The van der Waals surface area contributed by atoms with Gasteiger partial charge in [-0.25, -0.2) is 9.97 Å².